The summed E-state index contributed by atoms with van der Waals surface area (Å²) in [6.45, 7) is 7.19. The smallest absolute Gasteiger partial charge is 0.311 e. The second-order valence-corrected chi connectivity index (χ2v) is 5.01. The van der Waals surface area contributed by atoms with Crippen LogP contribution in [0.3, 0.4) is 0 Å². The fraction of sp³-hybridized carbons (Fsp3) is 0.929. The molecule has 0 aromatic carbocycles. The van der Waals surface area contributed by atoms with Gasteiger partial charge in [0.1, 0.15) is 0 Å². The lowest BCUT2D eigenvalue weighted by atomic mass is 9.94. The van der Waals surface area contributed by atoms with Crippen molar-refractivity contribution in [2.24, 2.45) is 17.8 Å². The highest BCUT2D eigenvalue weighted by Gasteiger charge is 2.37. The van der Waals surface area contributed by atoms with Gasteiger partial charge in [-0.25, -0.2) is 0 Å². The molecule has 0 aromatic heterocycles. The number of esters is 1. The van der Waals surface area contributed by atoms with E-state index in [9.17, 15) is 4.79 Å². The van der Waals surface area contributed by atoms with Crippen molar-refractivity contribution in [1.29, 1.82) is 0 Å². The molecule has 0 radical (unpaired) electrons. The Morgan fingerprint density at radius 2 is 1.94 bits per heavy atom. The Balaban J connectivity index is 2.34. The third-order valence-electron chi connectivity index (χ3n) is 3.83. The lowest BCUT2D eigenvalue weighted by molar-refractivity contribution is -0.162. The summed E-state index contributed by atoms with van der Waals surface area (Å²) in [5, 5.41) is 0. The zero-order valence-electron chi connectivity index (χ0n) is 11.4. The maximum atomic E-state index is 11.9. The SMILES string of the molecule is CCCOCOC(=O)C1CC(CC)CC1CC. The van der Waals surface area contributed by atoms with E-state index in [1.54, 1.807) is 0 Å². The first kappa shape index (κ1) is 14.5. The largest absolute Gasteiger partial charge is 0.438 e. The maximum Gasteiger partial charge on any atom is 0.311 e. The summed E-state index contributed by atoms with van der Waals surface area (Å²) in [7, 11) is 0. The molecular formula is C14H26O3. The van der Waals surface area contributed by atoms with Gasteiger partial charge in [-0.05, 0) is 31.1 Å². The van der Waals surface area contributed by atoms with Crippen LogP contribution in [-0.2, 0) is 14.3 Å². The predicted molar refractivity (Wildman–Crippen MR) is 67.5 cm³/mol. The normalized spacial score (nSPS) is 28.3. The number of carbonyl (C=O) groups is 1. The molecule has 0 saturated heterocycles. The van der Waals surface area contributed by atoms with Gasteiger partial charge in [-0.2, -0.15) is 0 Å². The van der Waals surface area contributed by atoms with Gasteiger partial charge in [-0.3, -0.25) is 4.79 Å². The summed E-state index contributed by atoms with van der Waals surface area (Å²) in [6, 6.07) is 0. The summed E-state index contributed by atoms with van der Waals surface area (Å²) in [6.07, 6.45) is 5.39. The average molecular weight is 242 g/mol. The molecule has 0 spiro atoms. The second-order valence-electron chi connectivity index (χ2n) is 5.01. The van der Waals surface area contributed by atoms with Crippen molar-refractivity contribution < 1.29 is 14.3 Å². The molecule has 3 heteroatoms. The van der Waals surface area contributed by atoms with E-state index in [0.29, 0.717) is 18.4 Å². The van der Waals surface area contributed by atoms with Crippen LogP contribution in [0.4, 0.5) is 0 Å². The van der Waals surface area contributed by atoms with E-state index < -0.39 is 0 Å². The number of ether oxygens (including phenoxy) is 2. The van der Waals surface area contributed by atoms with Gasteiger partial charge >= 0.3 is 5.97 Å². The van der Waals surface area contributed by atoms with Crippen molar-refractivity contribution in [3.8, 4) is 0 Å². The van der Waals surface area contributed by atoms with Gasteiger partial charge in [0.05, 0.1) is 12.5 Å². The monoisotopic (exact) mass is 242 g/mol. The molecule has 0 amide bonds. The van der Waals surface area contributed by atoms with Gasteiger partial charge in [-0.15, -0.1) is 0 Å². The van der Waals surface area contributed by atoms with E-state index in [1.165, 1.54) is 12.8 Å². The Morgan fingerprint density at radius 1 is 1.18 bits per heavy atom. The molecule has 1 rings (SSSR count). The van der Waals surface area contributed by atoms with E-state index in [1.807, 2.05) is 6.92 Å². The quantitative estimate of drug-likeness (QED) is 0.390. The van der Waals surface area contributed by atoms with Gasteiger partial charge in [0.15, 0.2) is 6.79 Å². The summed E-state index contributed by atoms with van der Waals surface area (Å²) in [5.41, 5.74) is 0. The molecule has 3 nitrogen and oxygen atoms in total. The zero-order chi connectivity index (χ0) is 12.7. The van der Waals surface area contributed by atoms with E-state index in [0.717, 1.165) is 19.3 Å². The Kier molecular flexibility index (Phi) is 6.56. The van der Waals surface area contributed by atoms with Crippen molar-refractivity contribution in [3.05, 3.63) is 0 Å². The van der Waals surface area contributed by atoms with Crippen LogP contribution in [0.15, 0.2) is 0 Å². The molecule has 0 N–H and O–H groups in total. The molecule has 1 aliphatic carbocycles. The highest BCUT2D eigenvalue weighted by atomic mass is 16.7. The lowest BCUT2D eigenvalue weighted by Crippen LogP contribution is -2.22. The third kappa shape index (κ3) is 4.30. The Labute approximate surface area is 105 Å². The molecule has 17 heavy (non-hydrogen) atoms. The summed E-state index contributed by atoms with van der Waals surface area (Å²) >= 11 is 0. The summed E-state index contributed by atoms with van der Waals surface area (Å²) in [4.78, 5) is 11.9. The van der Waals surface area contributed by atoms with Crippen molar-refractivity contribution in [2.45, 2.75) is 52.9 Å². The zero-order valence-corrected chi connectivity index (χ0v) is 11.4. The van der Waals surface area contributed by atoms with Crippen molar-refractivity contribution >= 4 is 5.97 Å². The second kappa shape index (κ2) is 7.70. The number of carbonyl (C=O) groups excluding carboxylic acids is 1. The highest BCUT2D eigenvalue weighted by Crippen LogP contribution is 2.40. The van der Waals surface area contributed by atoms with E-state index in [2.05, 4.69) is 13.8 Å². The molecule has 0 aromatic rings. The first-order valence-corrected chi connectivity index (χ1v) is 6.97. The van der Waals surface area contributed by atoms with Crippen LogP contribution >= 0.6 is 0 Å². The van der Waals surface area contributed by atoms with Crippen LogP contribution in [-0.4, -0.2) is 19.4 Å². The van der Waals surface area contributed by atoms with Crippen LogP contribution < -0.4 is 0 Å². The molecule has 100 valence electrons. The minimum Gasteiger partial charge on any atom is -0.438 e. The van der Waals surface area contributed by atoms with E-state index >= 15 is 0 Å². The fourth-order valence-electron chi connectivity index (χ4n) is 2.72. The predicted octanol–water partition coefficient (Wildman–Crippen LogP) is 3.38. The summed E-state index contributed by atoms with van der Waals surface area (Å²) in [5.74, 6) is 1.27. The van der Waals surface area contributed by atoms with Gasteiger partial charge in [0, 0.05) is 0 Å². The van der Waals surface area contributed by atoms with Crippen LogP contribution in [0.1, 0.15) is 52.9 Å². The summed E-state index contributed by atoms with van der Waals surface area (Å²) < 4.78 is 10.4. The first-order valence-electron chi connectivity index (χ1n) is 6.97. The fourth-order valence-corrected chi connectivity index (χ4v) is 2.72. The molecule has 1 fully saturated rings. The van der Waals surface area contributed by atoms with Gasteiger partial charge in [0.25, 0.3) is 0 Å². The van der Waals surface area contributed by atoms with E-state index in [4.69, 9.17) is 9.47 Å². The van der Waals surface area contributed by atoms with Crippen LogP contribution in [0.25, 0.3) is 0 Å². The Morgan fingerprint density at radius 3 is 2.53 bits per heavy atom. The van der Waals surface area contributed by atoms with Gasteiger partial charge in [-0.1, -0.05) is 33.6 Å². The minimum absolute atomic E-state index is 0.0519. The molecule has 0 aliphatic heterocycles. The third-order valence-corrected chi connectivity index (χ3v) is 3.83. The molecular weight excluding hydrogens is 216 g/mol. The Bertz CT molecular complexity index is 228. The van der Waals surface area contributed by atoms with E-state index in [-0.39, 0.29) is 18.7 Å². The molecule has 1 saturated carbocycles. The van der Waals surface area contributed by atoms with Crippen molar-refractivity contribution in [2.75, 3.05) is 13.4 Å². The molecule has 3 atom stereocenters. The molecule has 3 unspecified atom stereocenters. The van der Waals surface area contributed by atoms with Gasteiger partial charge in [0.2, 0.25) is 0 Å². The van der Waals surface area contributed by atoms with Crippen LogP contribution in [0, 0.1) is 17.8 Å². The number of hydrogen-bond donors (Lipinski definition) is 0. The number of rotatable bonds is 7. The van der Waals surface area contributed by atoms with Crippen LogP contribution in [0.5, 0.6) is 0 Å². The van der Waals surface area contributed by atoms with Crippen LogP contribution in [0.2, 0.25) is 0 Å². The molecule has 1 aliphatic rings. The highest BCUT2D eigenvalue weighted by molar-refractivity contribution is 5.73. The topological polar surface area (TPSA) is 35.5 Å². The first-order chi connectivity index (χ1) is 8.22. The Hall–Kier alpha value is -0.570. The van der Waals surface area contributed by atoms with Crippen molar-refractivity contribution in [1.82, 2.24) is 0 Å². The lowest BCUT2D eigenvalue weighted by Gasteiger charge is -2.16. The standard InChI is InChI=1S/C14H26O3/c1-4-7-16-10-17-14(15)13-9-11(5-2)8-12(13)6-3/h11-13H,4-10H2,1-3H3. The van der Waals surface area contributed by atoms with Crippen molar-refractivity contribution in [3.63, 3.8) is 0 Å². The van der Waals surface area contributed by atoms with Gasteiger partial charge < -0.3 is 9.47 Å². The minimum atomic E-state index is -0.0519. The molecule has 0 heterocycles. The number of hydrogen-bond acceptors (Lipinski definition) is 3. The average Bonchev–Trinajstić information content (AvgIpc) is 2.77. The maximum absolute atomic E-state index is 11.9. The molecule has 0 bridgehead atoms.